The fourth-order valence-electron chi connectivity index (χ4n) is 4.04. The Morgan fingerprint density at radius 2 is 1.85 bits per heavy atom. The van der Waals surface area contributed by atoms with Crippen LogP contribution in [0.5, 0.6) is 5.75 Å². The maximum absolute atomic E-state index is 14.2. The Labute approximate surface area is 200 Å². The molecule has 0 saturated heterocycles. The molecule has 0 fully saturated rings. The lowest BCUT2D eigenvalue weighted by Crippen LogP contribution is -2.48. The van der Waals surface area contributed by atoms with Gasteiger partial charge in [0.1, 0.15) is 19.0 Å². The second-order valence-corrected chi connectivity index (χ2v) is 8.85. The molecule has 1 aliphatic rings. The maximum Gasteiger partial charge on any atom is 0.257 e. The van der Waals surface area contributed by atoms with Crippen LogP contribution >= 0.6 is 11.3 Å². The highest BCUT2D eigenvalue weighted by molar-refractivity contribution is 7.10. The number of halogens is 2. The second-order valence-electron chi connectivity index (χ2n) is 7.85. The smallest absolute Gasteiger partial charge is 0.257 e. The Morgan fingerprint density at radius 3 is 2.59 bits per heavy atom. The molecule has 1 aromatic heterocycles. The Balaban J connectivity index is 1.54. The van der Waals surface area contributed by atoms with Crippen LogP contribution in [0.15, 0.2) is 72.6 Å². The van der Waals surface area contributed by atoms with Gasteiger partial charge >= 0.3 is 0 Å². The van der Waals surface area contributed by atoms with E-state index < -0.39 is 23.6 Å². The molecule has 0 radical (unpaired) electrons. The summed E-state index contributed by atoms with van der Waals surface area (Å²) in [5.74, 6) is -1.90. The standard InChI is InChI=1S/C26H24F2N2O3S/c1-2-13-29(26(32)18-7-3-4-8-20(18)27)16-25(31)30-14-11-24-19(12-15-34-24)22(30)17-33-23-10-6-5-9-21(23)28/h2-10,12,15,22H,1,11,13-14,16-17H2. The summed E-state index contributed by atoms with van der Waals surface area (Å²) < 4.78 is 34.0. The Morgan fingerprint density at radius 1 is 1.12 bits per heavy atom. The van der Waals surface area contributed by atoms with Crippen molar-refractivity contribution in [1.82, 2.24) is 9.80 Å². The van der Waals surface area contributed by atoms with Crippen molar-refractivity contribution in [2.75, 3.05) is 26.2 Å². The van der Waals surface area contributed by atoms with E-state index in [0.717, 1.165) is 10.4 Å². The summed E-state index contributed by atoms with van der Waals surface area (Å²) in [7, 11) is 0. The molecule has 4 rings (SSSR count). The first-order valence-electron chi connectivity index (χ1n) is 10.9. The molecule has 2 aromatic carbocycles. The first-order chi connectivity index (χ1) is 16.5. The number of fused-ring (bicyclic) bond motifs is 1. The number of ether oxygens (including phenoxy) is 1. The molecule has 5 nitrogen and oxygen atoms in total. The molecule has 0 spiro atoms. The molecule has 0 aliphatic carbocycles. The van der Waals surface area contributed by atoms with Crippen LogP contribution in [0.25, 0.3) is 0 Å². The average Bonchev–Trinajstić information content (AvgIpc) is 3.32. The summed E-state index contributed by atoms with van der Waals surface area (Å²) in [6.45, 7) is 4.02. The van der Waals surface area contributed by atoms with Gasteiger partial charge in [0.25, 0.3) is 5.91 Å². The highest BCUT2D eigenvalue weighted by Gasteiger charge is 2.34. The first-order valence-corrected chi connectivity index (χ1v) is 11.7. The number of benzene rings is 2. The van der Waals surface area contributed by atoms with Crippen LogP contribution in [-0.4, -0.2) is 47.9 Å². The summed E-state index contributed by atoms with van der Waals surface area (Å²) in [4.78, 5) is 30.4. The minimum Gasteiger partial charge on any atom is -0.488 e. The SMILES string of the molecule is C=CCN(CC(=O)N1CCc2sccc2C1COc1ccccc1F)C(=O)c1ccccc1F. The van der Waals surface area contributed by atoms with E-state index in [4.69, 9.17) is 4.74 Å². The molecule has 0 saturated carbocycles. The fraction of sp³-hybridized carbons (Fsp3) is 0.231. The molecular weight excluding hydrogens is 458 g/mol. The minimum atomic E-state index is -0.647. The zero-order valence-corrected chi connectivity index (χ0v) is 19.3. The van der Waals surface area contributed by atoms with Gasteiger partial charge in [0.2, 0.25) is 5.91 Å². The number of nitrogens with zero attached hydrogens (tertiary/aromatic N) is 2. The van der Waals surface area contributed by atoms with Crippen molar-refractivity contribution >= 4 is 23.2 Å². The lowest BCUT2D eigenvalue weighted by Gasteiger charge is -2.37. The number of hydrogen-bond acceptors (Lipinski definition) is 4. The highest BCUT2D eigenvalue weighted by atomic mass is 32.1. The van der Waals surface area contributed by atoms with Gasteiger partial charge in [-0.25, -0.2) is 8.78 Å². The van der Waals surface area contributed by atoms with E-state index in [2.05, 4.69) is 6.58 Å². The molecule has 1 aliphatic heterocycles. The monoisotopic (exact) mass is 482 g/mol. The van der Waals surface area contributed by atoms with Crippen molar-refractivity contribution in [1.29, 1.82) is 0 Å². The summed E-state index contributed by atoms with van der Waals surface area (Å²) in [6, 6.07) is 13.3. The van der Waals surface area contributed by atoms with Crippen molar-refractivity contribution in [2.24, 2.45) is 0 Å². The Bertz CT molecular complexity index is 1200. The van der Waals surface area contributed by atoms with Crippen LogP contribution in [0.3, 0.4) is 0 Å². The summed E-state index contributed by atoms with van der Waals surface area (Å²) in [5.41, 5.74) is 0.854. The van der Waals surface area contributed by atoms with Gasteiger partial charge in [-0.05, 0) is 47.7 Å². The van der Waals surface area contributed by atoms with Crippen molar-refractivity contribution in [2.45, 2.75) is 12.5 Å². The molecule has 1 atom stereocenters. The lowest BCUT2D eigenvalue weighted by atomic mass is 10.0. The van der Waals surface area contributed by atoms with Crippen molar-refractivity contribution in [3.63, 3.8) is 0 Å². The van der Waals surface area contributed by atoms with Gasteiger partial charge in [-0.1, -0.05) is 30.3 Å². The molecule has 2 heterocycles. The number of para-hydroxylation sites is 1. The van der Waals surface area contributed by atoms with E-state index in [1.54, 1.807) is 34.4 Å². The lowest BCUT2D eigenvalue weighted by molar-refractivity contribution is -0.135. The maximum atomic E-state index is 14.2. The van der Waals surface area contributed by atoms with Gasteiger partial charge in [-0.3, -0.25) is 9.59 Å². The van der Waals surface area contributed by atoms with E-state index in [1.807, 2.05) is 11.4 Å². The molecule has 0 N–H and O–H groups in total. The first kappa shape index (κ1) is 23.6. The minimum absolute atomic E-state index is 0.0686. The van der Waals surface area contributed by atoms with E-state index in [0.29, 0.717) is 13.0 Å². The predicted molar refractivity (Wildman–Crippen MR) is 127 cm³/mol. The van der Waals surface area contributed by atoms with Gasteiger partial charge in [0.15, 0.2) is 11.6 Å². The van der Waals surface area contributed by atoms with Gasteiger partial charge < -0.3 is 14.5 Å². The largest absolute Gasteiger partial charge is 0.488 e. The third-order valence-corrected chi connectivity index (χ3v) is 6.71. The third-order valence-electron chi connectivity index (χ3n) is 5.72. The van der Waals surface area contributed by atoms with Crippen LogP contribution < -0.4 is 4.74 Å². The number of rotatable bonds is 8. The highest BCUT2D eigenvalue weighted by Crippen LogP contribution is 2.34. The summed E-state index contributed by atoms with van der Waals surface area (Å²) in [6.07, 6.45) is 2.18. The third kappa shape index (κ3) is 5.02. The molecule has 3 aromatic rings. The quantitative estimate of drug-likeness (QED) is 0.431. The zero-order chi connectivity index (χ0) is 24.1. The molecule has 1 unspecified atom stereocenters. The van der Waals surface area contributed by atoms with Gasteiger partial charge in [0, 0.05) is 18.0 Å². The summed E-state index contributed by atoms with van der Waals surface area (Å²) >= 11 is 1.61. The van der Waals surface area contributed by atoms with Gasteiger partial charge in [-0.15, -0.1) is 17.9 Å². The zero-order valence-electron chi connectivity index (χ0n) is 18.5. The number of carbonyl (C=O) groups excluding carboxylic acids is 2. The number of hydrogen-bond donors (Lipinski definition) is 0. The van der Waals surface area contributed by atoms with Crippen LogP contribution in [0, 0.1) is 11.6 Å². The van der Waals surface area contributed by atoms with E-state index >= 15 is 0 Å². The number of thiophene rings is 1. The molecule has 8 heteroatoms. The molecule has 176 valence electrons. The van der Waals surface area contributed by atoms with Crippen LogP contribution in [0.2, 0.25) is 0 Å². The Kier molecular flexibility index (Phi) is 7.37. The topological polar surface area (TPSA) is 49.9 Å². The van der Waals surface area contributed by atoms with Gasteiger partial charge in [-0.2, -0.15) is 0 Å². The summed E-state index contributed by atoms with van der Waals surface area (Å²) in [5, 5.41) is 1.96. The van der Waals surface area contributed by atoms with E-state index in [9.17, 15) is 18.4 Å². The molecule has 0 bridgehead atoms. The molecule has 2 amide bonds. The fourth-order valence-corrected chi connectivity index (χ4v) is 4.97. The van der Waals surface area contributed by atoms with Crippen LogP contribution in [0.1, 0.15) is 26.8 Å². The predicted octanol–water partition coefficient (Wildman–Crippen LogP) is 4.86. The van der Waals surface area contributed by atoms with Gasteiger partial charge in [0.05, 0.1) is 11.6 Å². The molecule has 34 heavy (non-hydrogen) atoms. The van der Waals surface area contributed by atoms with Crippen molar-refractivity contribution in [3.05, 3.63) is 100 Å². The van der Waals surface area contributed by atoms with E-state index in [-0.39, 0.29) is 36.9 Å². The average molecular weight is 483 g/mol. The number of carbonyl (C=O) groups is 2. The van der Waals surface area contributed by atoms with Crippen molar-refractivity contribution in [3.8, 4) is 5.75 Å². The molecular formula is C26H24F2N2O3S. The van der Waals surface area contributed by atoms with Crippen LogP contribution in [0.4, 0.5) is 8.78 Å². The Hall–Kier alpha value is -3.52. The van der Waals surface area contributed by atoms with E-state index in [1.165, 1.54) is 41.3 Å². The second kappa shape index (κ2) is 10.6. The van der Waals surface area contributed by atoms with Crippen molar-refractivity contribution < 1.29 is 23.1 Å². The normalized spacial score (nSPS) is 14.9. The number of amides is 2. The van der Waals surface area contributed by atoms with Crippen LogP contribution in [-0.2, 0) is 11.2 Å².